The number of hydrogen-bond acceptors (Lipinski definition) is 1. The van der Waals surface area contributed by atoms with E-state index in [-0.39, 0.29) is 6.10 Å². The molecule has 1 atom stereocenters. The quantitative estimate of drug-likeness (QED) is 0.523. The van der Waals surface area contributed by atoms with E-state index in [4.69, 9.17) is 39.5 Å². The molecule has 0 fully saturated rings. The van der Waals surface area contributed by atoms with E-state index in [1.165, 1.54) is 0 Å². The monoisotopic (exact) mass is 372 g/mol. The number of hydrogen-bond donors (Lipinski definition) is 0. The molecule has 126 valence electrons. The molecule has 0 amide bonds. The van der Waals surface area contributed by atoms with Crippen molar-refractivity contribution in [2.75, 3.05) is 0 Å². The Hall–Kier alpha value is -0.730. The Bertz CT molecular complexity index is 626. The van der Waals surface area contributed by atoms with Crippen LogP contribution in [0.3, 0.4) is 0 Å². The van der Waals surface area contributed by atoms with Gasteiger partial charge in [-0.3, -0.25) is 0 Å². The van der Waals surface area contributed by atoms with E-state index >= 15 is 0 Å². The van der Waals surface area contributed by atoms with Crippen molar-refractivity contribution in [3.05, 3.63) is 68.2 Å². The van der Waals surface area contributed by atoms with Gasteiger partial charge in [0.05, 0.1) is 12.7 Å². The minimum atomic E-state index is -0.0511. The zero-order valence-corrected chi connectivity index (χ0v) is 16.3. The maximum atomic E-state index is 6.25. The molecule has 0 aromatic heterocycles. The predicted molar refractivity (Wildman–Crippen MR) is 102 cm³/mol. The Morgan fingerprint density at radius 1 is 0.957 bits per heavy atom. The minimum Gasteiger partial charge on any atom is -0.369 e. The first kappa shape index (κ1) is 20.3. The van der Waals surface area contributed by atoms with Crippen LogP contribution in [0.2, 0.25) is 15.1 Å². The molecule has 2 aromatic carbocycles. The summed E-state index contributed by atoms with van der Waals surface area (Å²) >= 11 is 18.2. The van der Waals surface area contributed by atoms with Crippen molar-refractivity contribution < 1.29 is 4.74 Å². The van der Waals surface area contributed by atoms with Gasteiger partial charge in [-0.2, -0.15) is 0 Å². The number of rotatable bonds is 5. The fraction of sp³-hybridized carbons (Fsp3) is 0.368. The van der Waals surface area contributed by atoms with Crippen LogP contribution in [0.5, 0.6) is 0 Å². The van der Waals surface area contributed by atoms with Gasteiger partial charge in [0.15, 0.2) is 0 Å². The van der Waals surface area contributed by atoms with Crippen LogP contribution in [0.1, 0.15) is 50.0 Å². The van der Waals surface area contributed by atoms with Gasteiger partial charge in [0, 0.05) is 15.1 Å². The van der Waals surface area contributed by atoms with Crippen LogP contribution in [0.15, 0.2) is 36.4 Å². The fourth-order valence-corrected chi connectivity index (χ4v) is 2.96. The first-order chi connectivity index (χ1) is 11.0. The number of benzene rings is 2. The second-order valence-electron chi connectivity index (χ2n) is 4.94. The topological polar surface area (TPSA) is 9.23 Å². The van der Waals surface area contributed by atoms with Gasteiger partial charge in [-0.25, -0.2) is 0 Å². The number of aryl methyl sites for hydroxylation is 1. The van der Waals surface area contributed by atoms with Gasteiger partial charge in [0.25, 0.3) is 0 Å². The molecule has 0 radical (unpaired) electrons. The van der Waals surface area contributed by atoms with Gasteiger partial charge in [-0.05, 0) is 54.3 Å². The number of ether oxygens (including phenoxy) is 1. The molecule has 0 aliphatic heterocycles. The highest BCUT2D eigenvalue weighted by Gasteiger charge is 2.14. The van der Waals surface area contributed by atoms with Crippen molar-refractivity contribution in [2.45, 2.75) is 46.8 Å². The summed E-state index contributed by atoms with van der Waals surface area (Å²) in [7, 11) is 0. The number of halogens is 3. The molecule has 0 bridgehead atoms. The van der Waals surface area contributed by atoms with Crippen LogP contribution < -0.4 is 0 Å². The van der Waals surface area contributed by atoms with Crippen molar-refractivity contribution in [3.8, 4) is 0 Å². The van der Waals surface area contributed by atoms with Gasteiger partial charge < -0.3 is 4.74 Å². The molecule has 0 saturated heterocycles. The molecule has 23 heavy (non-hydrogen) atoms. The SMILES string of the molecule is CC.CCC(OCc1ccc(Cl)cc1C)c1ccc(Cl)cc1Cl. The zero-order chi connectivity index (χ0) is 17.4. The zero-order valence-electron chi connectivity index (χ0n) is 14.0. The molecule has 0 saturated carbocycles. The van der Waals surface area contributed by atoms with Gasteiger partial charge >= 0.3 is 0 Å². The second-order valence-corrected chi connectivity index (χ2v) is 6.22. The van der Waals surface area contributed by atoms with Crippen LogP contribution in [0, 0.1) is 6.92 Å². The lowest BCUT2D eigenvalue weighted by molar-refractivity contribution is 0.0369. The lowest BCUT2D eigenvalue weighted by atomic mass is 10.1. The normalized spacial score (nSPS) is 11.6. The van der Waals surface area contributed by atoms with Crippen molar-refractivity contribution >= 4 is 34.8 Å². The summed E-state index contributed by atoms with van der Waals surface area (Å²) < 4.78 is 6.03. The van der Waals surface area contributed by atoms with E-state index in [0.29, 0.717) is 16.7 Å². The highest BCUT2D eigenvalue weighted by molar-refractivity contribution is 6.35. The Kier molecular flexibility index (Phi) is 9.01. The molecular weight excluding hydrogens is 351 g/mol. The molecule has 1 unspecified atom stereocenters. The molecule has 0 aliphatic carbocycles. The summed E-state index contributed by atoms with van der Waals surface area (Å²) in [6.07, 6.45) is 0.790. The first-order valence-corrected chi connectivity index (χ1v) is 8.96. The summed E-state index contributed by atoms with van der Waals surface area (Å²) in [5.41, 5.74) is 3.22. The Labute approximate surface area is 154 Å². The van der Waals surface area contributed by atoms with Crippen LogP contribution in [-0.4, -0.2) is 0 Å². The summed E-state index contributed by atoms with van der Waals surface area (Å²) in [5.74, 6) is 0. The molecule has 0 N–H and O–H groups in total. The van der Waals surface area contributed by atoms with Gasteiger partial charge in [0.2, 0.25) is 0 Å². The summed E-state index contributed by atoms with van der Waals surface area (Å²) in [4.78, 5) is 0. The maximum Gasteiger partial charge on any atom is 0.0841 e. The summed E-state index contributed by atoms with van der Waals surface area (Å²) in [5, 5.41) is 2.01. The van der Waals surface area contributed by atoms with Crippen molar-refractivity contribution in [1.29, 1.82) is 0 Å². The van der Waals surface area contributed by atoms with Crippen molar-refractivity contribution in [3.63, 3.8) is 0 Å². The largest absolute Gasteiger partial charge is 0.369 e. The van der Waals surface area contributed by atoms with E-state index in [2.05, 4.69) is 6.92 Å². The average Bonchev–Trinajstić information content (AvgIpc) is 2.53. The van der Waals surface area contributed by atoms with E-state index in [1.54, 1.807) is 6.07 Å². The molecule has 1 nitrogen and oxygen atoms in total. The molecule has 0 heterocycles. The molecule has 2 aromatic rings. The van der Waals surface area contributed by atoms with E-state index in [9.17, 15) is 0 Å². The van der Waals surface area contributed by atoms with Crippen LogP contribution in [0.25, 0.3) is 0 Å². The van der Waals surface area contributed by atoms with Crippen LogP contribution >= 0.6 is 34.8 Å². The lowest BCUT2D eigenvalue weighted by Gasteiger charge is -2.19. The van der Waals surface area contributed by atoms with E-state index in [0.717, 1.165) is 28.1 Å². The predicted octanol–water partition coefficient (Wildman–Crippen LogP) is 7.65. The molecule has 0 aliphatic rings. The Morgan fingerprint density at radius 2 is 1.57 bits per heavy atom. The van der Waals surface area contributed by atoms with Crippen molar-refractivity contribution in [2.24, 2.45) is 0 Å². The summed E-state index contributed by atoms with van der Waals surface area (Å²) in [6.45, 7) is 8.63. The van der Waals surface area contributed by atoms with Gasteiger partial charge in [-0.1, -0.05) is 67.7 Å². The third-order valence-electron chi connectivity index (χ3n) is 3.42. The third kappa shape index (κ3) is 6.00. The molecular formula is C19H23Cl3O. The smallest absolute Gasteiger partial charge is 0.0841 e. The standard InChI is InChI=1S/C17H17Cl3O.C2H6/c1-3-17(15-7-6-14(19)9-16(15)20)21-10-12-4-5-13(18)8-11(12)2;1-2/h4-9,17H,3,10H2,1-2H3;1-2H3. The Morgan fingerprint density at radius 3 is 2.13 bits per heavy atom. The molecule has 2 rings (SSSR count). The van der Waals surface area contributed by atoms with Gasteiger partial charge in [-0.15, -0.1) is 0 Å². The first-order valence-electron chi connectivity index (χ1n) is 7.82. The fourth-order valence-electron chi connectivity index (χ4n) is 2.20. The van der Waals surface area contributed by atoms with E-state index < -0.39 is 0 Å². The minimum absolute atomic E-state index is 0.0511. The van der Waals surface area contributed by atoms with Crippen LogP contribution in [-0.2, 0) is 11.3 Å². The van der Waals surface area contributed by atoms with Gasteiger partial charge in [0.1, 0.15) is 0 Å². The maximum absolute atomic E-state index is 6.25. The lowest BCUT2D eigenvalue weighted by Crippen LogP contribution is -2.05. The van der Waals surface area contributed by atoms with Crippen LogP contribution in [0.4, 0.5) is 0 Å². The average molecular weight is 374 g/mol. The molecule has 0 spiro atoms. The third-order valence-corrected chi connectivity index (χ3v) is 4.22. The highest BCUT2D eigenvalue weighted by Crippen LogP contribution is 2.31. The van der Waals surface area contributed by atoms with E-state index in [1.807, 2.05) is 51.1 Å². The highest BCUT2D eigenvalue weighted by atomic mass is 35.5. The Balaban J connectivity index is 0.00000127. The second kappa shape index (κ2) is 10.2. The van der Waals surface area contributed by atoms with Crippen molar-refractivity contribution in [1.82, 2.24) is 0 Å². The summed E-state index contributed by atoms with van der Waals surface area (Å²) in [6, 6.07) is 11.3. The molecule has 4 heteroatoms.